The van der Waals surface area contributed by atoms with Crippen LogP contribution < -0.4 is 4.74 Å². The first-order valence-corrected chi connectivity index (χ1v) is 3.84. The molecule has 1 rings (SSSR count). The van der Waals surface area contributed by atoms with Gasteiger partial charge in [-0.05, 0) is 6.07 Å². The fourth-order valence-corrected chi connectivity index (χ4v) is 0.866. The summed E-state index contributed by atoms with van der Waals surface area (Å²) < 4.78 is 17.8. The molecule has 15 heavy (non-hydrogen) atoms. The monoisotopic (exact) mass is 207 g/mol. The van der Waals surface area contributed by atoms with Gasteiger partial charge in [0, 0.05) is 6.07 Å². The number of nitrogens with zero attached hydrogens (tertiary/aromatic N) is 2. The molecule has 0 atom stereocenters. The van der Waals surface area contributed by atoms with E-state index in [1.54, 1.807) is 0 Å². The third kappa shape index (κ3) is 2.14. The molecule has 1 aromatic heterocycles. The van der Waals surface area contributed by atoms with Gasteiger partial charge in [0.25, 0.3) is 0 Å². The molecule has 0 amide bonds. The van der Waals surface area contributed by atoms with Gasteiger partial charge in [0.15, 0.2) is 17.2 Å². The molecule has 0 bridgehead atoms. The zero-order chi connectivity index (χ0) is 11.4. The van der Waals surface area contributed by atoms with Crippen LogP contribution in [0.25, 0.3) is 0 Å². The van der Waals surface area contributed by atoms with Crippen molar-refractivity contribution in [1.29, 1.82) is 10.7 Å². The van der Waals surface area contributed by atoms with Crippen LogP contribution in [-0.4, -0.2) is 23.6 Å². The number of carbonyl (C=O) groups is 1. The number of Topliss-reactive ketones (excluding diaryl/α,β-unsaturated/α-hetero) is 1. The minimum Gasteiger partial charge on any atom is -0.481 e. The Balaban J connectivity index is 3.19. The standard InChI is InChI=1S/C9H6FN3O2/c1-15-7-3-2-5(10)8(13-7)9(14)6(12)4-11/h2-3,12H,1H3. The molecule has 0 aliphatic carbocycles. The number of nitriles is 1. The lowest BCUT2D eigenvalue weighted by molar-refractivity contribution is 0.105. The van der Waals surface area contributed by atoms with Crippen LogP contribution >= 0.6 is 0 Å². The lowest BCUT2D eigenvalue weighted by atomic mass is 10.2. The summed E-state index contributed by atoms with van der Waals surface area (Å²) in [7, 11) is 1.31. The van der Waals surface area contributed by atoms with Gasteiger partial charge in [0.05, 0.1) is 7.11 Å². The number of methoxy groups -OCH3 is 1. The fourth-order valence-electron chi connectivity index (χ4n) is 0.866. The maximum atomic E-state index is 13.1. The molecule has 0 aromatic carbocycles. The highest BCUT2D eigenvalue weighted by atomic mass is 19.1. The fraction of sp³-hybridized carbons (Fsp3) is 0.111. The summed E-state index contributed by atoms with van der Waals surface area (Å²) in [6.45, 7) is 0. The van der Waals surface area contributed by atoms with Crippen LogP contribution in [-0.2, 0) is 0 Å². The molecule has 0 unspecified atom stereocenters. The predicted molar refractivity (Wildman–Crippen MR) is 48.4 cm³/mol. The average Bonchev–Trinajstić information content (AvgIpc) is 2.27. The van der Waals surface area contributed by atoms with Crippen molar-refractivity contribution in [3.63, 3.8) is 0 Å². The molecular formula is C9H6FN3O2. The van der Waals surface area contributed by atoms with Crippen molar-refractivity contribution in [2.75, 3.05) is 7.11 Å². The van der Waals surface area contributed by atoms with Crippen LogP contribution in [0.5, 0.6) is 5.88 Å². The minimum atomic E-state index is -1.06. The van der Waals surface area contributed by atoms with Crippen molar-refractivity contribution in [3.8, 4) is 11.9 Å². The maximum Gasteiger partial charge on any atom is 0.242 e. The number of nitrogens with one attached hydrogen (secondary N) is 1. The first kappa shape index (κ1) is 10.8. The number of halogens is 1. The van der Waals surface area contributed by atoms with Gasteiger partial charge < -0.3 is 4.74 Å². The summed E-state index contributed by atoms with van der Waals surface area (Å²) in [5.74, 6) is -1.90. The highest BCUT2D eigenvalue weighted by Gasteiger charge is 2.19. The Kier molecular flexibility index (Phi) is 3.08. The molecule has 0 saturated carbocycles. The number of ketones is 1. The second kappa shape index (κ2) is 4.28. The van der Waals surface area contributed by atoms with Crippen molar-refractivity contribution >= 4 is 11.5 Å². The Morgan fingerprint density at radius 3 is 2.87 bits per heavy atom. The van der Waals surface area contributed by atoms with Gasteiger partial charge in [0.2, 0.25) is 11.7 Å². The zero-order valence-corrected chi connectivity index (χ0v) is 7.74. The lowest BCUT2D eigenvalue weighted by Gasteiger charge is -2.01. The molecule has 1 heterocycles. The summed E-state index contributed by atoms with van der Waals surface area (Å²) in [6.07, 6.45) is 0. The van der Waals surface area contributed by atoms with Crippen molar-refractivity contribution in [2.45, 2.75) is 0 Å². The molecule has 0 fully saturated rings. The quantitative estimate of drug-likeness (QED) is 0.590. The van der Waals surface area contributed by atoms with Crippen LogP contribution in [0, 0.1) is 22.6 Å². The van der Waals surface area contributed by atoms with Crippen molar-refractivity contribution in [3.05, 3.63) is 23.6 Å². The summed E-state index contributed by atoms with van der Waals surface area (Å²) in [5.41, 5.74) is -1.45. The summed E-state index contributed by atoms with van der Waals surface area (Å²) in [6, 6.07) is 3.54. The molecule has 0 aliphatic heterocycles. The number of ether oxygens (including phenoxy) is 1. The van der Waals surface area contributed by atoms with E-state index < -0.39 is 23.0 Å². The van der Waals surface area contributed by atoms with Gasteiger partial charge in [-0.2, -0.15) is 5.26 Å². The van der Waals surface area contributed by atoms with E-state index >= 15 is 0 Å². The largest absolute Gasteiger partial charge is 0.481 e. The van der Waals surface area contributed by atoms with Crippen LogP contribution in [0.2, 0.25) is 0 Å². The molecule has 0 aliphatic rings. The predicted octanol–water partition coefficient (Wildman–Crippen LogP) is 0.955. The lowest BCUT2D eigenvalue weighted by Crippen LogP contribution is -2.15. The summed E-state index contributed by atoms with van der Waals surface area (Å²) in [5, 5.41) is 15.3. The van der Waals surface area contributed by atoms with E-state index in [1.165, 1.54) is 19.2 Å². The molecule has 0 radical (unpaired) electrons. The Morgan fingerprint density at radius 2 is 2.33 bits per heavy atom. The van der Waals surface area contributed by atoms with E-state index in [4.69, 9.17) is 10.7 Å². The molecule has 0 spiro atoms. The second-order valence-electron chi connectivity index (χ2n) is 2.50. The number of rotatable bonds is 3. The highest BCUT2D eigenvalue weighted by molar-refractivity contribution is 6.49. The van der Waals surface area contributed by atoms with Crippen molar-refractivity contribution in [2.24, 2.45) is 0 Å². The number of aromatic nitrogens is 1. The second-order valence-corrected chi connectivity index (χ2v) is 2.50. The smallest absolute Gasteiger partial charge is 0.242 e. The normalized spacial score (nSPS) is 9.13. The first-order chi connectivity index (χ1) is 7.10. The van der Waals surface area contributed by atoms with E-state index in [0.29, 0.717) is 0 Å². The topological polar surface area (TPSA) is 86.8 Å². The number of pyridine rings is 1. The van der Waals surface area contributed by atoms with Crippen molar-refractivity contribution < 1.29 is 13.9 Å². The third-order valence-electron chi connectivity index (χ3n) is 1.58. The van der Waals surface area contributed by atoms with E-state index in [2.05, 4.69) is 9.72 Å². The van der Waals surface area contributed by atoms with E-state index in [1.807, 2.05) is 0 Å². The van der Waals surface area contributed by atoms with E-state index in [0.717, 1.165) is 6.07 Å². The minimum absolute atomic E-state index is 0.0467. The molecule has 6 heteroatoms. The number of hydrogen-bond acceptors (Lipinski definition) is 5. The SMILES string of the molecule is COc1ccc(F)c(C(=O)C(=N)C#N)n1. The maximum absolute atomic E-state index is 13.1. The Morgan fingerprint density at radius 1 is 1.67 bits per heavy atom. The van der Waals surface area contributed by atoms with Crippen LogP contribution in [0.4, 0.5) is 4.39 Å². The number of carbonyl (C=O) groups excluding carboxylic acids is 1. The zero-order valence-electron chi connectivity index (χ0n) is 7.74. The van der Waals surface area contributed by atoms with Crippen LogP contribution in [0.15, 0.2) is 12.1 Å². The molecule has 76 valence electrons. The molecule has 1 aromatic rings. The Hall–Kier alpha value is -2.29. The van der Waals surface area contributed by atoms with Gasteiger partial charge >= 0.3 is 0 Å². The van der Waals surface area contributed by atoms with Crippen LogP contribution in [0.3, 0.4) is 0 Å². The molecular weight excluding hydrogens is 201 g/mol. The van der Waals surface area contributed by atoms with Crippen LogP contribution in [0.1, 0.15) is 10.5 Å². The summed E-state index contributed by atoms with van der Waals surface area (Å²) >= 11 is 0. The number of hydrogen-bond donors (Lipinski definition) is 1. The van der Waals surface area contributed by atoms with E-state index in [9.17, 15) is 9.18 Å². The Bertz CT molecular complexity index is 465. The van der Waals surface area contributed by atoms with E-state index in [-0.39, 0.29) is 5.88 Å². The average molecular weight is 207 g/mol. The Labute approximate surface area is 84.6 Å². The molecule has 0 saturated heterocycles. The molecule has 5 nitrogen and oxygen atoms in total. The molecule has 1 N–H and O–H groups in total. The van der Waals surface area contributed by atoms with Gasteiger partial charge in [-0.25, -0.2) is 9.37 Å². The highest BCUT2D eigenvalue weighted by Crippen LogP contribution is 2.12. The van der Waals surface area contributed by atoms with Gasteiger partial charge in [-0.3, -0.25) is 10.2 Å². The van der Waals surface area contributed by atoms with Gasteiger partial charge in [-0.1, -0.05) is 0 Å². The van der Waals surface area contributed by atoms with Gasteiger partial charge in [0.1, 0.15) is 6.07 Å². The first-order valence-electron chi connectivity index (χ1n) is 3.84. The third-order valence-corrected chi connectivity index (χ3v) is 1.58. The van der Waals surface area contributed by atoms with Gasteiger partial charge in [-0.15, -0.1) is 0 Å². The van der Waals surface area contributed by atoms with Crippen molar-refractivity contribution in [1.82, 2.24) is 4.98 Å². The summed E-state index contributed by atoms with van der Waals surface area (Å²) in [4.78, 5) is 14.8.